The number of likely N-dealkylation sites (tertiary alicyclic amines) is 1. The number of hydrogen-bond donors (Lipinski definition) is 1. The highest BCUT2D eigenvalue weighted by atomic mass is 16.4. The second kappa shape index (κ2) is 6.01. The first-order valence-corrected chi connectivity index (χ1v) is 6.69. The SMILES string of the molecule is Cc1ccc(C[C@@H](C(=O)O)N2CCCCC2)cc1. The molecule has 1 aromatic rings. The third-order valence-electron chi connectivity index (χ3n) is 3.67. The predicted octanol–water partition coefficient (Wildman–Crippen LogP) is 2.48. The first-order chi connectivity index (χ1) is 8.66. The first-order valence-electron chi connectivity index (χ1n) is 6.69. The Labute approximate surface area is 108 Å². The number of benzene rings is 1. The summed E-state index contributed by atoms with van der Waals surface area (Å²) in [7, 11) is 0. The standard InChI is InChI=1S/C15H21NO2/c1-12-5-7-13(8-6-12)11-14(15(17)18)16-9-3-2-4-10-16/h5-8,14H,2-4,9-11H2,1H3,(H,17,18)/t14-/m0/s1. The van der Waals surface area contributed by atoms with Crippen molar-refractivity contribution in [3.05, 3.63) is 35.4 Å². The Kier molecular flexibility index (Phi) is 4.37. The average Bonchev–Trinajstić information content (AvgIpc) is 2.38. The second-order valence-corrected chi connectivity index (χ2v) is 5.14. The second-order valence-electron chi connectivity index (χ2n) is 5.14. The molecule has 0 bridgehead atoms. The number of carbonyl (C=O) groups is 1. The number of hydrogen-bond acceptors (Lipinski definition) is 2. The van der Waals surface area contributed by atoms with E-state index in [1.165, 1.54) is 12.0 Å². The minimum Gasteiger partial charge on any atom is -0.480 e. The molecular weight excluding hydrogens is 226 g/mol. The fraction of sp³-hybridized carbons (Fsp3) is 0.533. The van der Waals surface area contributed by atoms with Crippen molar-refractivity contribution in [1.82, 2.24) is 4.90 Å². The molecule has 0 aromatic heterocycles. The summed E-state index contributed by atoms with van der Waals surface area (Å²) < 4.78 is 0. The van der Waals surface area contributed by atoms with Gasteiger partial charge in [-0.25, -0.2) is 0 Å². The van der Waals surface area contributed by atoms with Gasteiger partial charge in [-0.05, 0) is 44.8 Å². The van der Waals surface area contributed by atoms with Crippen molar-refractivity contribution in [3.63, 3.8) is 0 Å². The molecule has 1 aliphatic heterocycles. The lowest BCUT2D eigenvalue weighted by Gasteiger charge is -2.32. The lowest BCUT2D eigenvalue weighted by molar-refractivity contribution is -0.143. The summed E-state index contributed by atoms with van der Waals surface area (Å²) in [6.45, 7) is 3.88. The minimum absolute atomic E-state index is 0.368. The maximum absolute atomic E-state index is 11.4. The van der Waals surface area contributed by atoms with Crippen molar-refractivity contribution in [2.75, 3.05) is 13.1 Å². The summed E-state index contributed by atoms with van der Waals surface area (Å²) in [5.74, 6) is -0.697. The van der Waals surface area contributed by atoms with Gasteiger partial charge in [0.1, 0.15) is 6.04 Å². The van der Waals surface area contributed by atoms with Crippen LogP contribution in [0.25, 0.3) is 0 Å². The van der Waals surface area contributed by atoms with Crippen LogP contribution in [0.15, 0.2) is 24.3 Å². The summed E-state index contributed by atoms with van der Waals surface area (Å²) in [6.07, 6.45) is 4.08. The molecule has 1 aliphatic rings. The maximum Gasteiger partial charge on any atom is 0.321 e. The summed E-state index contributed by atoms with van der Waals surface area (Å²) >= 11 is 0. The lowest BCUT2D eigenvalue weighted by atomic mass is 10.0. The molecule has 3 heteroatoms. The molecule has 98 valence electrons. The molecule has 1 atom stereocenters. The van der Waals surface area contributed by atoms with E-state index in [0.717, 1.165) is 31.5 Å². The Morgan fingerprint density at radius 2 is 1.83 bits per heavy atom. The van der Waals surface area contributed by atoms with Gasteiger partial charge < -0.3 is 5.11 Å². The average molecular weight is 247 g/mol. The topological polar surface area (TPSA) is 40.5 Å². The Morgan fingerprint density at radius 1 is 1.22 bits per heavy atom. The summed E-state index contributed by atoms with van der Waals surface area (Å²) in [5, 5.41) is 9.40. The van der Waals surface area contributed by atoms with Gasteiger partial charge in [-0.1, -0.05) is 36.2 Å². The monoisotopic (exact) mass is 247 g/mol. The fourth-order valence-corrected chi connectivity index (χ4v) is 2.55. The number of piperidine rings is 1. The summed E-state index contributed by atoms with van der Waals surface area (Å²) in [5.41, 5.74) is 2.32. The zero-order valence-electron chi connectivity index (χ0n) is 10.9. The minimum atomic E-state index is -0.697. The predicted molar refractivity (Wildman–Crippen MR) is 71.7 cm³/mol. The molecule has 0 saturated carbocycles. The molecule has 1 aromatic carbocycles. The van der Waals surface area contributed by atoms with Crippen LogP contribution >= 0.6 is 0 Å². The van der Waals surface area contributed by atoms with E-state index in [1.54, 1.807) is 0 Å². The largest absolute Gasteiger partial charge is 0.480 e. The zero-order valence-corrected chi connectivity index (χ0v) is 10.9. The molecule has 1 heterocycles. The number of rotatable bonds is 4. The van der Waals surface area contributed by atoms with Crippen LogP contribution in [0.2, 0.25) is 0 Å². The van der Waals surface area contributed by atoms with Gasteiger partial charge in [0, 0.05) is 0 Å². The molecule has 1 fully saturated rings. The van der Waals surface area contributed by atoms with Crippen LogP contribution in [-0.4, -0.2) is 35.1 Å². The molecule has 0 radical (unpaired) electrons. The van der Waals surface area contributed by atoms with Crippen molar-refractivity contribution < 1.29 is 9.90 Å². The van der Waals surface area contributed by atoms with Crippen molar-refractivity contribution in [2.45, 2.75) is 38.6 Å². The van der Waals surface area contributed by atoms with Gasteiger partial charge >= 0.3 is 5.97 Å². The van der Waals surface area contributed by atoms with Crippen molar-refractivity contribution >= 4 is 5.97 Å². The van der Waals surface area contributed by atoms with E-state index >= 15 is 0 Å². The van der Waals surface area contributed by atoms with Gasteiger partial charge in [-0.2, -0.15) is 0 Å². The molecule has 0 unspecified atom stereocenters. The van der Waals surface area contributed by atoms with Gasteiger partial charge in [0.25, 0.3) is 0 Å². The van der Waals surface area contributed by atoms with E-state index in [4.69, 9.17) is 0 Å². The Morgan fingerprint density at radius 3 is 2.39 bits per heavy atom. The first kappa shape index (κ1) is 13.1. The fourth-order valence-electron chi connectivity index (χ4n) is 2.55. The van der Waals surface area contributed by atoms with Crippen LogP contribution in [-0.2, 0) is 11.2 Å². The Hall–Kier alpha value is -1.35. The van der Waals surface area contributed by atoms with E-state index in [0.29, 0.717) is 6.42 Å². The van der Waals surface area contributed by atoms with Crippen LogP contribution in [0.5, 0.6) is 0 Å². The molecular formula is C15H21NO2. The van der Waals surface area contributed by atoms with E-state index in [2.05, 4.69) is 4.90 Å². The highest BCUT2D eigenvalue weighted by Crippen LogP contribution is 2.16. The molecule has 0 spiro atoms. The molecule has 1 N–H and O–H groups in total. The number of aryl methyl sites for hydroxylation is 1. The smallest absolute Gasteiger partial charge is 0.321 e. The van der Waals surface area contributed by atoms with Crippen molar-refractivity contribution in [2.24, 2.45) is 0 Å². The third kappa shape index (κ3) is 3.33. The molecule has 18 heavy (non-hydrogen) atoms. The van der Waals surface area contributed by atoms with E-state index < -0.39 is 5.97 Å². The molecule has 3 nitrogen and oxygen atoms in total. The normalized spacial score (nSPS) is 18.5. The lowest BCUT2D eigenvalue weighted by Crippen LogP contribution is -2.45. The number of nitrogens with zero attached hydrogens (tertiary/aromatic N) is 1. The van der Waals surface area contributed by atoms with Crippen LogP contribution < -0.4 is 0 Å². The highest BCUT2D eigenvalue weighted by molar-refractivity contribution is 5.74. The summed E-state index contributed by atoms with van der Waals surface area (Å²) in [6, 6.07) is 7.80. The van der Waals surface area contributed by atoms with Gasteiger partial charge in [0.15, 0.2) is 0 Å². The van der Waals surface area contributed by atoms with E-state index in [-0.39, 0.29) is 6.04 Å². The van der Waals surface area contributed by atoms with Crippen molar-refractivity contribution in [3.8, 4) is 0 Å². The number of carboxylic acid groups (broad SMARTS) is 1. The molecule has 0 aliphatic carbocycles. The van der Waals surface area contributed by atoms with E-state index in [1.807, 2.05) is 31.2 Å². The Bertz CT molecular complexity index is 393. The van der Waals surface area contributed by atoms with Gasteiger partial charge in [0.05, 0.1) is 0 Å². The molecule has 0 amide bonds. The molecule has 2 rings (SSSR count). The summed E-state index contributed by atoms with van der Waals surface area (Å²) in [4.78, 5) is 13.5. The van der Waals surface area contributed by atoms with Crippen LogP contribution in [0.4, 0.5) is 0 Å². The molecule has 1 saturated heterocycles. The van der Waals surface area contributed by atoms with Crippen LogP contribution in [0.1, 0.15) is 30.4 Å². The van der Waals surface area contributed by atoms with E-state index in [9.17, 15) is 9.90 Å². The van der Waals surface area contributed by atoms with Crippen LogP contribution in [0.3, 0.4) is 0 Å². The quantitative estimate of drug-likeness (QED) is 0.888. The van der Waals surface area contributed by atoms with Gasteiger partial charge in [0.2, 0.25) is 0 Å². The highest BCUT2D eigenvalue weighted by Gasteiger charge is 2.26. The van der Waals surface area contributed by atoms with Gasteiger partial charge in [-0.15, -0.1) is 0 Å². The Balaban J connectivity index is 2.05. The number of aliphatic carboxylic acids is 1. The third-order valence-corrected chi connectivity index (χ3v) is 3.67. The van der Waals surface area contributed by atoms with Crippen molar-refractivity contribution in [1.29, 1.82) is 0 Å². The number of carboxylic acids is 1. The van der Waals surface area contributed by atoms with Gasteiger partial charge in [-0.3, -0.25) is 9.69 Å². The maximum atomic E-state index is 11.4. The van der Waals surface area contributed by atoms with Crippen LogP contribution in [0, 0.1) is 6.92 Å². The zero-order chi connectivity index (χ0) is 13.0.